The average Bonchev–Trinajstić information content (AvgIpc) is 3.18. The number of amides is 1. The summed E-state index contributed by atoms with van der Waals surface area (Å²) in [7, 11) is 0. The molecule has 136 valence electrons. The maximum absolute atomic E-state index is 12.8. The van der Waals surface area contributed by atoms with Crippen LogP contribution >= 0.6 is 0 Å². The summed E-state index contributed by atoms with van der Waals surface area (Å²) in [5.41, 5.74) is 1.56. The van der Waals surface area contributed by atoms with Gasteiger partial charge in [0, 0.05) is 25.2 Å². The van der Waals surface area contributed by atoms with Crippen molar-refractivity contribution >= 4 is 11.6 Å². The van der Waals surface area contributed by atoms with Crippen molar-refractivity contribution in [2.24, 2.45) is 0 Å². The second-order valence-corrected chi connectivity index (χ2v) is 5.76. The molecule has 0 saturated carbocycles. The van der Waals surface area contributed by atoms with Crippen LogP contribution in [0.15, 0.2) is 73.4 Å². The Morgan fingerprint density at radius 2 is 2.00 bits per heavy atom. The van der Waals surface area contributed by atoms with Crippen LogP contribution in [-0.2, 0) is 6.54 Å². The minimum atomic E-state index is -0.464. The quantitative estimate of drug-likeness (QED) is 0.365. The van der Waals surface area contributed by atoms with Gasteiger partial charge in [0.15, 0.2) is 5.69 Å². The first-order chi connectivity index (χ1) is 13.1. The molecule has 1 amide bonds. The van der Waals surface area contributed by atoms with Gasteiger partial charge in [-0.1, -0.05) is 36.4 Å². The zero-order valence-electron chi connectivity index (χ0n) is 14.4. The standard InChI is InChI=1S/C19H17N5O3/c1-2-11-22(14-15-7-6-10-17(12-15)24(26)27)19(25)18-13-20-23(21-18)16-8-4-3-5-9-16/h2-10,12-13H,1,11,14H2. The first-order valence-corrected chi connectivity index (χ1v) is 8.20. The molecule has 0 unspecified atom stereocenters. The highest BCUT2D eigenvalue weighted by Gasteiger charge is 2.19. The molecule has 2 aromatic carbocycles. The van der Waals surface area contributed by atoms with Crippen molar-refractivity contribution in [2.75, 3.05) is 6.54 Å². The van der Waals surface area contributed by atoms with Crippen molar-refractivity contribution in [3.05, 3.63) is 94.8 Å². The van der Waals surface area contributed by atoms with Crippen LogP contribution in [0.4, 0.5) is 5.69 Å². The van der Waals surface area contributed by atoms with Gasteiger partial charge >= 0.3 is 0 Å². The van der Waals surface area contributed by atoms with Crippen LogP contribution in [0.2, 0.25) is 0 Å². The second kappa shape index (κ2) is 8.05. The molecule has 0 radical (unpaired) electrons. The largest absolute Gasteiger partial charge is 0.329 e. The normalized spacial score (nSPS) is 10.4. The number of aromatic nitrogens is 3. The molecule has 0 atom stereocenters. The van der Waals surface area contributed by atoms with Gasteiger partial charge in [0.1, 0.15) is 0 Å². The fourth-order valence-corrected chi connectivity index (χ4v) is 2.57. The van der Waals surface area contributed by atoms with Crippen LogP contribution in [0.25, 0.3) is 5.69 Å². The van der Waals surface area contributed by atoms with Crippen molar-refractivity contribution in [2.45, 2.75) is 6.54 Å². The monoisotopic (exact) mass is 363 g/mol. The molecule has 0 saturated heterocycles. The fourth-order valence-electron chi connectivity index (χ4n) is 2.57. The lowest BCUT2D eigenvalue weighted by atomic mass is 10.2. The molecule has 8 nitrogen and oxygen atoms in total. The Balaban J connectivity index is 1.81. The van der Waals surface area contributed by atoms with E-state index in [1.165, 1.54) is 28.0 Å². The zero-order chi connectivity index (χ0) is 19.2. The number of carbonyl (C=O) groups excluding carboxylic acids is 1. The van der Waals surface area contributed by atoms with Crippen LogP contribution < -0.4 is 0 Å². The van der Waals surface area contributed by atoms with Gasteiger partial charge in [-0.2, -0.15) is 9.90 Å². The molecule has 0 fully saturated rings. The summed E-state index contributed by atoms with van der Waals surface area (Å²) in [5.74, 6) is -0.330. The molecule has 27 heavy (non-hydrogen) atoms. The fraction of sp³-hybridized carbons (Fsp3) is 0.105. The van der Waals surface area contributed by atoms with E-state index >= 15 is 0 Å². The van der Waals surface area contributed by atoms with Crippen molar-refractivity contribution < 1.29 is 9.72 Å². The summed E-state index contributed by atoms with van der Waals surface area (Å²) in [5, 5.41) is 19.3. The lowest BCUT2D eigenvalue weighted by Gasteiger charge is -2.20. The SMILES string of the molecule is C=CCN(Cc1cccc([N+](=O)[O-])c1)C(=O)c1cnn(-c2ccccc2)n1. The van der Waals surface area contributed by atoms with Gasteiger partial charge in [0.2, 0.25) is 0 Å². The van der Waals surface area contributed by atoms with Gasteiger partial charge in [-0.3, -0.25) is 14.9 Å². The molecule has 0 aliphatic rings. The Morgan fingerprint density at radius 1 is 1.22 bits per heavy atom. The Kier molecular flexibility index (Phi) is 5.36. The summed E-state index contributed by atoms with van der Waals surface area (Å²) < 4.78 is 0. The maximum atomic E-state index is 12.8. The van der Waals surface area contributed by atoms with Crippen LogP contribution in [0.3, 0.4) is 0 Å². The summed E-state index contributed by atoms with van der Waals surface area (Å²) in [6, 6.07) is 15.4. The smallest absolute Gasteiger partial charge is 0.276 e. The third-order valence-corrected chi connectivity index (χ3v) is 3.83. The number of rotatable bonds is 7. The highest BCUT2D eigenvalue weighted by Crippen LogP contribution is 2.16. The topological polar surface area (TPSA) is 94.2 Å². The van der Waals surface area contributed by atoms with Gasteiger partial charge in [0.05, 0.1) is 16.8 Å². The molecule has 1 heterocycles. The molecule has 8 heteroatoms. The van der Waals surface area contributed by atoms with E-state index in [0.717, 1.165) is 5.69 Å². The van der Waals surface area contributed by atoms with Crippen LogP contribution in [-0.4, -0.2) is 37.3 Å². The summed E-state index contributed by atoms with van der Waals surface area (Å²) in [6.45, 7) is 4.15. The minimum absolute atomic E-state index is 0.0199. The number of para-hydroxylation sites is 1. The second-order valence-electron chi connectivity index (χ2n) is 5.76. The molecule has 1 aromatic heterocycles. The van der Waals surface area contributed by atoms with Gasteiger partial charge in [-0.15, -0.1) is 11.7 Å². The summed E-state index contributed by atoms with van der Waals surface area (Å²) in [4.78, 5) is 26.2. The zero-order valence-corrected chi connectivity index (χ0v) is 14.4. The Labute approximate surface area is 155 Å². The van der Waals surface area contributed by atoms with Gasteiger partial charge in [-0.05, 0) is 17.7 Å². The predicted molar refractivity (Wildman–Crippen MR) is 99.4 cm³/mol. The molecule has 0 aliphatic carbocycles. The van der Waals surface area contributed by atoms with Gasteiger partial charge in [-0.25, -0.2) is 0 Å². The van der Waals surface area contributed by atoms with E-state index in [2.05, 4.69) is 16.8 Å². The summed E-state index contributed by atoms with van der Waals surface area (Å²) >= 11 is 0. The van der Waals surface area contributed by atoms with Gasteiger partial charge in [0.25, 0.3) is 11.6 Å². The highest BCUT2D eigenvalue weighted by molar-refractivity contribution is 5.92. The number of carbonyl (C=O) groups is 1. The third kappa shape index (κ3) is 4.24. The molecule has 0 spiro atoms. The number of hydrogen-bond donors (Lipinski definition) is 0. The van der Waals surface area contributed by atoms with E-state index in [-0.39, 0.29) is 30.4 Å². The van der Waals surface area contributed by atoms with E-state index in [9.17, 15) is 14.9 Å². The van der Waals surface area contributed by atoms with Gasteiger partial charge < -0.3 is 4.90 Å². The number of non-ortho nitro benzene ring substituents is 1. The van der Waals surface area contributed by atoms with Crippen molar-refractivity contribution in [1.29, 1.82) is 0 Å². The minimum Gasteiger partial charge on any atom is -0.329 e. The van der Waals surface area contributed by atoms with E-state index < -0.39 is 4.92 Å². The number of benzene rings is 2. The Morgan fingerprint density at radius 3 is 2.70 bits per heavy atom. The van der Waals surface area contributed by atoms with Crippen LogP contribution in [0, 0.1) is 10.1 Å². The maximum Gasteiger partial charge on any atom is 0.276 e. The number of hydrogen-bond acceptors (Lipinski definition) is 5. The van der Waals surface area contributed by atoms with E-state index in [1.54, 1.807) is 18.2 Å². The van der Waals surface area contributed by atoms with Crippen molar-refractivity contribution in [1.82, 2.24) is 19.9 Å². The predicted octanol–water partition coefficient (Wildman–Crippen LogP) is 3.00. The average molecular weight is 363 g/mol. The van der Waals surface area contributed by atoms with Crippen LogP contribution in [0.1, 0.15) is 16.1 Å². The molecule has 0 bridgehead atoms. The molecule has 3 aromatic rings. The number of nitro benzene ring substituents is 1. The van der Waals surface area contributed by atoms with E-state index in [0.29, 0.717) is 5.56 Å². The molecular weight excluding hydrogens is 346 g/mol. The molecular formula is C19H17N5O3. The lowest BCUT2D eigenvalue weighted by molar-refractivity contribution is -0.384. The lowest BCUT2D eigenvalue weighted by Crippen LogP contribution is -2.31. The van der Waals surface area contributed by atoms with Crippen molar-refractivity contribution in [3.8, 4) is 5.69 Å². The summed E-state index contributed by atoms with van der Waals surface area (Å²) in [6.07, 6.45) is 3.00. The Bertz CT molecular complexity index is 968. The molecule has 0 aliphatic heterocycles. The number of nitrogens with zero attached hydrogens (tertiary/aromatic N) is 5. The third-order valence-electron chi connectivity index (χ3n) is 3.83. The van der Waals surface area contributed by atoms with E-state index in [4.69, 9.17) is 0 Å². The Hall–Kier alpha value is -3.81. The van der Waals surface area contributed by atoms with Crippen LogP contribution in [0.5, 0.6) is 0 Å². The van der Waals surface area contributed by atoms with E-state index in [1.807, 2.05) is 30.3 Å². The van der Waals surface area contributed by atoms with Crippen molar-refractivity contribution in [3.63, 3.8) is 0 Å². The highest BCUT2D eigenvalue weighted by atomic mass is 16.6. The molecule has 0 N–H and O–H groups in total. The first-order valence-electron chi connectivity index (χ1n) is 8.20. The first kappa shape index (κ1) is 18.0. The number of nitro groups is 1. The molecule has 3 rings (SSSR count).